The number of hydrogen-bond acceptors (Lipinski definition) is 3. The van der Waals surface area contributed by atoms with Gasteiger partial charge in [0, 0.05) is 19.1 Å². The second kappa shape index (κ2) is 4.85. The zero-order valence-electron chi connectivity index (χ0n) is 10.1. The van der Waals surface area contributed by atoms with Crippen LogP contribution in [0.25, 0.3) is 0 Å². The Kier molecular flexibility index (Phi) is 3.46. The molecule has 1 aromatic rings. The summed E-state index contributed by atoms with van der Waals surface area (Å²) in [4.78, 5) is 2.34. The van der Waals surface area contributed by atoms with Crippen LogP contribution in [0, 0.1) is 0 Å². The van der Waals surface area contributed by atoms with Gasteiger partial charge in [0.05, 0.1) is 7.11 Å². The number of rotatable bonds is 4. The highest BCUT2D eigenvalue weighted by atomic mass is 16.5. The monoisotopic (exact) mass is 220 g/mol. The van der Waals surface area contributed by atoms with E-state index in [0.29, 0.717) is 12.6 Å². The van der Waals surface area contributed by atoms with Crippen molar-refractivity contribution in [1.29, 1.82) is 0 Å². The minimum Gasteiger partial charge on any atom is -0.497 e. The molecule has 3 nitrogen and oxygen atoms in total. The lowest BCUT2D eigenvalue weighted by atomic mass is 10.1. The largest absolute Gasteiger partial charge is 0.497 e. The molecule has 1 aromatic carbocycles. The first kappa shape index (κ1) is 11.4. The smallest absolute Gasteiger partial charge is 0.119 e. The third kappa shape index (κ3) is 2.06. The summed E-state index contributed by atoms with van der Waals surface area (Å²) in [6.07, 6.45) is 2.36. The quantitative estimate of drug-likeness (QED) is 0.837. The summed E-state index contributed by atoms with van der Waals surface area (Å²) >= 11 is 0. The van der Waals surface area contributed by atoms with E-state index in [1.807, 2.05) is 6.07 Å². The van der Waals surface area contributed by atoms with Gasteiger partial charge in [-0.05, 0) is 43.1 Å². The van der Waals surface area contributed by atoms with E-state index in [0.717, 1.165) is 12.3 Å². The predicted molar refractivity (Wildman–Crippen MR) is 65.7 cm³/mol. The van der Waals surface area contributed by atoms with Crippen molar-refractivity contribution in [1.82, 2.24) is 4.90 Å². The number of likely N-dealkylation sites (N-methyl/N-ethyl adjacent to an activating group) is 1. The fraction of sp³-hybridized carbons (Fsp3) is 0.538. The lowest BCUT2D eigenvalue weighted by molar-refractivity contribution is 0.251. The van der Waals surface area contributed by atoms with Crippen LogP contribution >= 0.6 is 0 Å². The van der Waals surface area contributed by atoms with E-state index in [4.69, 9.17) is 10.5 Å². The first-order valence-corrected chi connectivity index (χ1v) is 5.83. The van der Waals surface area contributed by atoms with Crippen molar-refractivity contribution in [3.63, 3.8) is 0 Å². The van der Waals surface area contributed by atoms with E-state index in [1.165, 1.54) is 24.0 Å². The Morgan fingerprint density at radius 1 is 1.50 bits per heavy atom. The Morgan fingerprint density at radius 2 is 2.31 bits per heavy atom. The summed E-state index contributed by atoms with van der Waals surface area (Å²) in [5, 5.41) is 0. The molecule has 0 radical (unpaired) electrons. The molecular formula is C13H20N2O. The van der Waals surface area contributed by atoms with Gasteiger partial charge in [0.1, 0.15) is 5.75 Å². The molecule has 2 rings (SSSR count). The van der Waals surface area contributed by atoms with Crippen LogP contribution in [0.2, 0.25) is 0 Å². The molecule has 1 aliphatic carbocycles. The van der Waals surface area contributed by atoms with Gasteiger partial charge in [0.15, 0.2) is 0 Å². The highest BCUT2D eigenvalue weighted by molar-refractivity contribution is 5.40. The first-order chi connectivity index (χ1) is 7.76. The fourth-order valence-electron chi connectivity index (χ4n) is 2.50. The van der Waals surface area contributed by atoms with E-state index in [2.05, 4.69) is 24.1 Å². The first-order valence-electron chi connectivity index (χ1n) is 5.83. The molecule has 0 fully saturated rings. The molecule has 1 aliphatic rings. The van der Waals surface area contributed by atoms with Crippen LogP contribution in [-0.2, 0) is 6.42 Å². The summed E-state index contributed by atoms with van der Waals surface area (Å²) in [6.45, 7) is 1.66. The van der Waals surface area contributed by atoms with Crippen molar-refractivity contribution < 1.29 is 4.74 Å². The summed E-state index contributed by atoms with van der Waals surface area (Å²) in [5.41, 5.74) is 8.47. The molecule has 0 aromatic heterocycles. The maximum Gasteiger partial charge on any atom is 0.119 e. The lowest BCUT2D eigenvalue weighted by Crippen LogP contribution is -2.28. The van der Waals surface area contributed by atoms with E-state index in [9.17, 15) is 0 Å². The standard InChI is InChI=1S/C13H20N2O/c1-15(8-7-14)13-6-4-10-3-5-11(16-2)9-12(10)13/h3,5,9,13H,4,6-8,14H2,1-2H3. The molecule has 0 aliphatic heterocycles. The SMILES string of the molecule is COc1ccc2c(c1)C(N(C)CCN)CC2. The van der Waals surface area contributed by atoms with Gasteiger partial charge >= 0.3 is 0 Å². The highest BCUT2D eigenvalue weighted by Gasteiger charge is 2.25. The van der Waals surface area contributed by atoms with Gasteiger partial charge in [-0.1, -0.05) is 6.07 Å². The van der Waals surface area contributed by atoms with Gasteiger partial charge in [-0.3, -0.25) is 4.90 Å². The highest BCUT2D eigenvalue weighted by Crippen LogP contribution is 2.36. The molecule has 3 heteroatoms. The average Bonchev–Trinajstić information content (AvgIpc) is 2.71. The number of hydrogen-bond donors (Lipinski definition) is 1. The normalized spacial score (nSPS) is 18.9. The van der Waals surface area contributed by atoms with Crippen LogP contribution in [0.15, 0.2) is 18.2 Å². The summed E-state index contributed by atoms with van der Waals surface area (Å²) in [5.74, 6) is 0.951. The Bertz CT molecular complexity index is 365. The van der Waals surface area contributed by atoms with Gasteiger partial charge in [0.2, 0.25) is 0 Å². The number of fused-ring (bicyclic) bond motifs is 1. The van der Waals surface area contributed by atoms with Gasteiger partial charge in [-0.2, -0.15) is 0 Å². The molecule has 16 heavy (non-hydrogen) atoms. The minimum absolute atomic E-state index is 0.508. The molecular weight excluding hydrogens is 200 g/mol. The molecule has 0 spiro atoms. The van der Waals surface area contributed by atoms with Crippen molar-refractivity contribution >= 4 is 0 Å². The Morgan fingerprint density at radius 3 is 3.00 bits per heavy atom. The molecule has 0 bridgehead atoms. The van der Waals surface area contributed by atoms with Crippen molar-refractivity contribution in [2.24, 2.45) is 5.73 Å². The number of methoxy groups -OCH3 is 1. The predicted octanol–water partition coefficient (Wildman–Crippen LogP) is 1.57. The topological polar surface area (TPSA) is 38.5 Å². The van der Waals surface area contributed by atoms with Gasteiger partial charge in [-0.15, -0.1) is 0 Å². The Balaban J connectivity index is 2.23. The third-order valence-electron chi connectivity index (χ3n) is 3.41. The summed E-state index contributed by atoms with van der Waals surface area (Å²) < 4.78 is 5.28. The van der Waals surface area contributed by atoms with Crippen LogP contribution < -0.4 is 10.5 Å². The van der Waals surface area contributed by atoms with Crippen molar-refractivity contribution in [3.05, 3.63) is 29.3 Å². The van der Waals surface area contributed by atoms with Crippen LogP contribution in [0.5, 0.6) is 5.75 Å². The maximum absolute atomic E-state index is 5.61. The average molecular weight is 220 g/mol. The molecule has 0 heterocycles. The van der Waals surface area contributed by atoms with Crippen LogP contribution in [-0.4, -0.2) is 32.1 Å². The van der Waals surface area contributed by atoms with Gasteiger partial charge < -0.3 is 10.5 Å². The molecule has 0 saturated heterocycles. The second-order valence-electron chi connectivity index (χ2n) is 4.39. The van der Waals surface area contributed by atoms with E-state index < -0.39 is 0 Å². The van der Waals surface area contributed by atoms with Crippen LogP contribution in [0.1, 0.15) is 23.6 Å². The van der Waals surface area contributed by atoms with Crippen LogP contribution in [0.4, 0.5) is 0 Å². The van der Waals surface area contributed by atoms with Gasteiger partial charge in [0.25, 0.3) is 0 Å². The van der Waals surface area contributed by atoms with Crippen molar-refractivity contribution in [2.45, 2.75) is 18.9 Å². The number of nitrogens with zero attached hydrogens (tertiary/aromatic N) is 1. The van der Waals surface area contributed by atoms with Crippen molar-refractivity contribution in [2.75, 3.05) is 27.2 Å². The van der Waals surface area contributed by atoms with E-state index >= 15 is 0 Å². The van der Waals surface area contributed by atoms with Crippen LogP contribution in [0.3, 0.4) is 0 Å². The maximum atomic E-state index is 5.61. The molecule has 1 unspecified atom stereocenters. The number of nitrogens with two attached hydrogens (primary N) is 1. The zero-order chi connectivity index (χ0) is 11.5. The Hall–Kier alpha value is -1.06. The zero-order valence-corrected chi connectivity index (χ0v) is 10.1. The van der Waals surface area contributed by atoms with Gasteiger partial charge in [-0.25, -0.2) is 0 Å². The molecule has 0 amide bonds. The molecule has 2 N–H and O–H groups in total. The minimum atomic E-state index is 0.508. The summed E-state index contributed by atoms with van der Waals surface area (Å²) in [6, 6.07) is 6.91. The molecule has 1 atom stereocenters. The number of ether oxygens (including phenoxy) is 1. The van der Waals surface area contributed by atoms with Crippen molar-refractivity contribution in [3.8, 4) is 5.75 Å². The number of aryl methyl sites for hydroxylation is 1. The lowest BCUT2D eigenvalue weighted by Gasteiger charge is -2.24. The fourth-order valence-corrected chi connectivity index (χ4v) is 2.50. The number of benzene rings is 1. The Labute approximate surface area is 97.2 Å². The molecule has 88 valence electrons. The summed E-state index contributed by atoms with van der Waals surface area (Å²) in [7, 11) is 3.86. The third-order valence-corrected chi connectivity index (χ3v) is 3.41. The molecule has 0 saturated carbocycles. The van der Waals surface area contributed by atoms with E-state index in [-0.39, 0.29) is 0 Å². The van der Waals surface area contributed by atoms with E-state index in [1.54, 1.807) is 7.11 Å². The second-order valence-corrected chi connectivity index (χ2v) is 4.39.